The predicted molar refractivity (Wildman–Crippen MR) is 89.0 cm³/mol. The molecule has 0 saturated carbocycles. The van der Waals surface area contributed by atoms with Gasteiger partial charge in [-0.15, -0.1) is 0 Å². The Morgan fingerprint density at radius 2 is 1.23 bits per heavy atom. The van der Waals surface area contributed by atoms with Crippen molar-refractivity contribution in [2.24, 2.45) is 0 Å². The van der Waals surface area contributed by atoms with E-state index in [4.69, 9.17) is 9.84 Å². The van der Waals surface area contributed by atoms with Crippen LogP contribution in [0.2, 0.25) is 0 Å². The number of benzene rings is 2. The van der Waals surface area contributed by atoms with Gasteiger partial charge in [0.2, 0.25) is 0 Å². The quantitative estimate of drug-likeness (QED) is 0.746. The summed E-state index contributed by atoms with van der Waals surface area (Å²) in [5, 5.41) is 27.7. The first-order chi connectivity index (χ1) is 10.5. The molecule has 0 bridgehead atoms. The lowest BCUT2D eigenvalue weighted by molar-refractivity contribution is 0.162. The van der Waals surface area contributed by atoms with Crippen LogP contribution in [0.4, 0.5) is 0 Å². The number of rotatable bonds is 4. The van der Waals surface area contributed by atoms with Gasteiger partial charge >= 0.3 is 0 Å². The molecule has 0 unspecified atom stereocenters. The van der Waals surface area contributed by atoms with Crippen molar-refractivity contribution in [2.45, 2.75) is 13.8 Å². The summed E-state index contributed by atoms with van der Waals surface area (Å²) in [6.45, 7) is 5.67. The lowest BCUT2D eigenvalue weighted by atomic mass is 10.1. The molecule has 2 aromatic carbocycles. The Morgan fingerprint density at radius 3 is 1.68 bits per heavy atom. The van der Waals surface area contributed by atoms with Crippen LogP contribution in [0.15, 0.2) is 42.5 Å². The van der Waals surface area contributed by atoms with E-state index in [-0.39, 0.29) is 17.2 Å². The van der Waals surface area contributed by atoms with Gasteiger partial charge in [0.15, 0.2) is 0 Å². The first-order valence-electron chi connectivity index (χ1n) is 7.13. The highest BCUT2D eigenvalue weighted by atomic mass is 16.5. The summed E-state index contributed by atoms with van der Waals surface area (Å²) in [5.74, 6) is 0.267. The van der Waals surface area contributed by atoms with E-state index >= 15 is 0 Å². The monoisotopic (exact) mass is 302 g/mol. The van der Waals surface area contributed by atoms with Gasteiger partial charge in [-0.1, -0.05) is 24.3 Å². The van der Waals surface area contributed by atoms with Crippen molar-refractivity contribution in [3.05, 3.63) is 53.6 Å². The van der Waals surface area contributed by atoms with Gasteiger partial charge in [0.25, 0.3) is 0 Å². The largest absolute Gasteiger partial charge is 0.508 e. The van der Waals surface area contributed by atoms with Crippen LogP contribution in [0.5, 0.6) is 17.2 Å². The molecule has 4 heteroatoms. The van der Waals surface area contributed by atoms with Crippen molar-refractivity contribution in [1.29, 1.82) is 0 Å². The second-order valence-corrected chi connectivity index (χ2v) is 4.49. The molecule has 0 aromatic heterocycles. The minimum Gasteiger partial charge on any atom is -0.508 e. The SMILES string of the molecule is CCOCC.Oc1ccc(/C=C/c2cc(O)cc(O)c2)cc1. The van der Waals surface area contributed by atoms with Crippen molar-refractivity contribution >= 4 is 12.2 Å². The fraction of sp³-hybridized carbons (Fsp3) is 0.222. The van der Waals surface area contributed by atoms with Crippen LogP contribution >= 0.6 is 0 Å². The number of hydrogen-bond acceptors (Lipinski definition) is 4. The Morgan fingerprint density at radius 1 is 0.727 bits per heavy atom. The number of aromatic hydroxyl groups is 3. The zero-order valence-corrected chi connectivity index (χ0v) is 12.9. The standard InChI is InChI=1S/C14H12O3.C4H10O/c15-12-5-3-10(4-6-12)1-2-11-7-13(16)9-14(17)8-11;1-3-5-4-2/h1-9,15-17H;3-4H2,1-2H3/b2-1+;. The van der Waals surface area contributed by atoms with Crippen LogP contribution in [0.3, 0.4) is 0 Å². The molecule has 2 rings (SSSR count). The summed E-state index contributed by atoms with van der Waals surface area (Å²) < 4.78 is 4.83. The number of hydrogen-bond donors (Lipinski definition) is 3. The average molecular weight is 302 g/mol. The molecule has 118 valence electrons. The van der Waals surface area contributed by atoms with E-state index in [1.54, 1.807) is 42.5 Å². The second kappa shape index (κ2) is 9.47. The molecule has 0 heterocycles. The molecule has 0 aliphatic rings. The Balaban J connectivity index is 0.000000422. The average Bonchev–Trinajstić information content (AvgIpc) is 2.47. The molecule has 0 amide bonds. The van der Waals surface area contributed by atoms with Gasteiger partial charge in [-0.05, 0) is 49.2 Å². The topological polar surface area (TPSA) is 69.9 Å². The van der Waals surface area contributed by atoms with Gasteiger partial charge in [0, 0.05) is 19.3 Å². The van der Waals surface area contributed by atoms with Gasteiger partial charge in [-0.3, -0.25) is 0 Å². The van der Waals surface area contributed by atoms with E-state index in [2.05, 4.69) is 0 Å². The molecule has 0 atom stereocenters. The van der Waals surface area contributed by atoms with Crippen molar-refractivity contribution < 1.29 is 20.1 Å². The second-order valence-electron chi connectivity index (χ2n) is 4.49. The summed E-state index contributed by atoms with van der Waals surface area (Å²) in [5.41, 5.74) is 1.63. The maximum absolute atomic E-state index is 9.30. The smallest absolute Gasteiger partial charge is 0.119 e. The van der Waals surface area contributed by atoms with Crippen LogP contribution in [0.25, 0.3) is 12.2 Å². The van der Waals surface area contributed by atoms with Crippen LogP contribution < -0.4 is 0 Å². The lowest BCUT2D eigenvalue weighted by Crippen LogP contribution is -1.84. The molecule has 22 heavy (non-hydrogen) atoms. The molecule has 0 aliphatic heterocycles. The molecule has 3 N–H and O–H groups in total. The molecule has 4 nitrogen and oxygen atoms in total. The van der Waals surface area contributed by atoms with Gasteiger partial charge in [-0.2, -0.15) is 0 Å². The van der Waals surface area contributed by atoms with E-state index in [0.29, 0.717) is 5.56 Å². The zero-order valence-electron chi connectivity index (χ0n) is 12.9. The molecule has 0 aliphatic carbocycles. The minimum absolute atomic E-state index is 0.0235. The normalized spacial score (nSPS) is 10.3. The maximum Gasteiger partial charge on any atom is 0.119 e. The summed E-state index contributed by atoms with van der Waals surface area (Å²) in [7, 11) is 0. The van der Waals surface area contributed by atoms with Crippen molar-refractivity contribution in [3.63, 3.8) is 0 Å². The zero-order chi connectivity index (χ0) is 16.4. The van der Waals surface area contributed by atoms with Crippen LogP contribution in [-0.4, -0.2) is 28.5 Å². The highest BCUT2D eigenvalue weighted by molar-refractivity contribution is 5.71. The van der Waals surface area contributed by atoms with Gasteiger partial charge in [-0.25, -0.2) is 0 Å². The third-order valence-electron chi connectivity index (χ3n) is 2.69. The van der Waals surface area contributed by atoms with Gasteiger partial charge < -0.3 is 20.1 Å². The Labute approximate surface area is 130 Å². The van der Waals surface area contributed by atoms with Gasteiger partial charge in [0.05, 0.1) is 0 Å². The van der Waals surface area contributed by atoms with E-state index in [1.807, 2.05) is 19.9 Å². The molecular formula is C18H22O4. The maximum atomic E-state index is 9.30. The van der Waals surface area contributed by atoms with Crippen molar-refractivity contribution in [3.8, 4) is 17.2 Å². The number of ether oxygens (including phenoxy) is 1. The molecule has 0 spiro atoms. The third-order valence-corrected chi connectivity index (χ3v) is 2.69. The first kappa shape index (κ1) is 17.6. The highest BCUT2D eigenvalue weighted by Gasteiger charge is 1.95. The first-order valence-corrected chi connectivity index (χ1v) is 7.13. The highest BCUT2D eigenvalue weighted by Crippen LogP contribution is 2.22. The molecule has 0 radical (unpaired) electrons. The van der Waals surface area contributed by atoms with Crippen molar-refractivity contribution in [1.82, 2.24) is 0 Å². The molecule has 2 aromatic rings. The summed E-state index contributed by atoms with van der Waals surface area (Å²) in [6, 6.07) is 11.1. The molecule has 0 fully saturated rings. The molecular weight excluding hydrogens is 280 g/mol. The fourth-order valence-electron chi connectivity index (χ4n) is 1.70. The van der Waals surface area contributed by atoms with Crippen LogP contribution in [0, 0.1) is 0 Å². The number of phenolic OH excluding ortho intramolecular Hbond substituents is 3. The molecule has 0 saturated heterocycles. The third kappa shape index (κ3) is 6.81. The predicted octanol–water partition coefficient (Wildman–Crippen LogP) is 4.02. The van der Waals surface area contributed by atoms with E-state index in [9.17, 15) is 10.2 Å². The van der Waals surface area contributed by atoms with E-state index in [0.717, 1.165) is 18.8 Å². The minimum atomic E-state index is 0.0235. The Kier molecular flexibility index (Phi) is 7.57. The van der Waals surface area contributed by atoms with Crippen molar-refractivity contribution in [2.75, 3.05) is 13.2 Å². The van der Waals surface area contributed by atoms with Gasteiger partial charge in [0.1, 0.15) is 17.2 Å². The summed E-state index contributed by atoms with van der Waals surface area (Å²) >= 11 is 0. The van der Waals surface area contributed by atoms with Crippen LogP contribution in [0.1, 0.15) is 25.0 Å². The Bertz CT molecular complexity index is 566. The summed E-state index contributed by atoms with van der Waals surface area (Å²) in [4.78, 5) is 0. The number of phenols is 3. The van der Waals surface area contributed by atoms with Crippen LogP contribution in [-0.2, 0) is 4.74 Å². The summed E-state index contributed by atoms with van der Waals surface area (Å²) in [6.07, 6.45) is 3.60. The lowest BCUT2D eigenvalue weighted by Gasteiger charge is -1.98. The van der Waals surface area contributed by atoms with E-state index in [1.165, 1.54) is 6.07 Å². The van der Waals surface area contributed by atoms with E-state index < -0.39 is 0 Å². The fourth-order valence-corrected chi connectivity index (χ4v) is 1.70. The Hall–Kier alpha value is -2.46.